The number of carbonyl (C=O) groups is 2. The molecule has 0 fully saturated rings. The van der Waals surface area contributed by atoms with Gasteiger partial charge in [-0.3, -0.25) is 4.90 Å². The van der Waals surface area contributed by atoms with Crippen molar-refractivity contribution in [1.82, 2.24) is 4.90 Å². The summed E-state index contributed by atoms with van der Waals surface area (Å²) in [6.45, 7) is 8.46. The number of esters is 1. The fourth-order valence-corrected chi connectivity index (χ4v) is 2.60. The summed E-state index contributed by atoms with van der Waals surface area (Å²) in [5, 5.41) is 0. The molecule has 24 heavy (non-hydrogen) atoms. The van der Waals surface area contributed by atoms with Crippen LogP contribution in [0.1, 0.15) is 33.3 Å². The summed E-state index contributed by atoms with van der Waals surface area (Å²) in [4.78, 5) is 26.3. The van der Waals surface area contributed by atoms with Crippen molar-refractivity contribution in [2.24, 2.45) is 5.92 Å². The van der Waals surface area contributed by atoms with Crippen molar-refractivity contribution in [3.8, 4) is 0 Å². The number of nitrogens with zero attached hydrogens (tertiary/aromatic N) is 1. The number of rotatable bonds is 8. The summed E-state index contributed by atoms with van der Waals surface area (Å²) in [6, 6.07) is 6.97. The number of hydrogen-bond acceptors (Lipinski definition) is 4. The topological polar surface area (TPSA) is 55.8 Å². The van der Waals surface area contributed by atoms with Crippen LogP contribution in [0.15, 0.2) is 28.7 Å². The maximum atomic E-state index is 12.5. The van der Waals surface area contributed by atoms with Gasteiger partial charge in [0.05, 0.1) is 13.2 Å². The summed E-state index contributed by atoms with van der Waals surface area (Å²) in [7, 11) is 0. The number of benzene rings is 1. The van der Waals surface area contributed by atoms with Crippen LogP contribution in [0.5, 0.6) is 0 Å². The molecule has 0 aliphatic heterocycles. The van der Waals surface area contributed by atoms with E-state index in [1.54, 1.807) is 13.8 Å². The maximum Gasteiger partial charge on any atom is 0.410 e. The zero-order chi connectivity index (χ0) is 18.1. The van der Waals surface area contributed by atoms with Crippen LogP contribution in [0.2, 0.25) is 0 Å². The second kappa shape index (κ2) is 10.3. The Kier molecular flexibility index (Phi) is 8.82. The molecule has 1 aromatic carbocycles. The van der Waals surface area contributed by atoms with Crippen LogP contribution in [0.3, 0.4) is 0 Å². The Morgan fingerprint density at radius 1 is 1.08 bits per heavy atom. The van der Waals surface area contributed by atoms with Crippen molar-refractivity contribution in [3.05, 3.63) is 34.3 Å². The molecule has 0 heterocycles. The van der Waals surface area contributed by atoms with Crippen molar-refractivity contribution < 1.29 is 19.1 Å². The Morgan fingerprint density at radius 2 is 1.67 bits per heavy atom. The second-order valence-corrected chi connectivity index (χ2v) is 6.76. The molecule has 0 saturated heterocycles. The van der Waals surface area contributed by atoms with E-state index < -0.39 is 18.1 Å². The Labute approximate surface area is 152 Å². The van der Waals surface area contributed by atoms with E-state index in [0.717, 1.165) is 10.0 Å². The molecular formula is C18H26BrNO4. The summed E-state index contributed by atoms with van der Waals surface area (Å²) in [5.74, 6) is -0.203. The van der Waals surface area contributed by atoms with Crippen molar-refractivity contribution in [2.45, 2.75) is 40.2 Å². The molecule has 134 valence electrons. The zero-order valence-corrected chi connectivity index (χ0v) is 16.3. The average Bonchev–Trinajstić information content (AvgIpc) is 2.52. The van der Waals surface area contributed by atoms with Gasteiger partial charge >= 0.3 is 12.1 Å². The maximum absolute atomic E-state index is 12.5. The molecule has 1 unspecified atom stereocenters. The lowest BCUT2D eigenvalue weighted by atomic mass is 10.0. The fraction of sp³-hybridized carbons (Fsp3) is 0.556. The monoisotopic (exact) mass is 399 g/mol. The third kappa shape index (κ3) is 6.51. The lowest BCUT2D eigenvalue weighted by Gasteiger charge is -2.30. The molecule has 1 atom stereocenters. The molecule has 0 spiro atoms. The highest BCUT2D eigenvalue weighted by molar-refractivity contribution is 9.10. The number of ether oxygens (including phenoxy) is 2. The zero-order valence-electron chi connectivity index (χ0n) is 14.8. The summed E-state index contributed by atoms with van der Waals surface area (Å²) in [6.07, 6.45) is -0.0983. The van der Waals surface area contributed by atoms with Crippen LogP contribution in [0.25, 0.3) is 0 Å². The molecule has 1 amide bonds. The van der Waals surface area contributed by atoms with E-state index in [-0.39, 0.29) is 19.1 Å². The van der Waals surface area contributed by atoms with Crippen molar-refractivity contribution in [3.63, 3.8) is 0 Å². The molecule has 6 heteroatoms. The molecule has 1 aromatic rings. The van der Waals surface area contributed by atoms with Crippen LogP contribution < -0.4 is 0 Å². The molecule has 0 aliphatic carbocycles. The Bertz CT molecular complexity index is 530. The number of hydrogen-bond donors (Lipinski definition) is 0. The van der Waals surface area contributed by atoms with Crippen LogP contribution in [-0.2, 0) is 20.7 Å². The fourth-order valence-electron chi connectivity index (χ4n) is 2.33. The van der Waals surface area contributed by atoms with E-state index in [4.69, 9.17) is 9.47 Å². The minimum Gasteiger partial charge on any atom is -0.464 e. The first-order valence-corrected chi connectivity index (χ1v) is 9.02. The molecule has 0 radical (unpaired) electrons. The minimum absolute atomic E-state index is 0.205. The van der Waals surface area contributed by atoms with Crippen LogP contribution in [0, 0.1) is 5.92 Å². The first-order valence-electron chi connectivity index (χ1n) is 8.23. The molecule has 1 rings (SSSR count). The lowest BCUT2D eigenvalue weighted by molar-refractivity contribution is -0.149. The second-order valence-electron chi connectivity index (χ2n) is 5.84. The van der Waals surface area contributed by atoms with E-state index in [2.05, 4.69) is 15.9 Å². The molecular weight excluding hydrogens is 374 g/mol. The van der Waals surface area contributed by atoms with Gasteiger partial charge in [-0.2, -0.15) is 0 Å². The molecule has 0 N–H and O–H groups in total. The van der Waals surface area contributed by atoms with Crippen molar-refractivity contribution >= 4 is 28.0 Å². The predicted molar refractivity (Wildman–Crippen MR) is 96.8 cm³/mol. The molecule has 0 aliphatic rings. The number of halogens is 1. The van der Waals surface area contributed by atoms with Gasteiger partial charge in [0.25, 0.3) is 0 Å². The summed E-state index contributed by atoms with van der Waals surface area (Å²) >= 11 is 3.39. The smallest absolute Gasteiger partial charge is 0.410 e. The van der Waals surface area contributed by atoms with Gasteiger partial charge in [-0.25, -0.2) is 9.59 Å². The number of amides is 1. The predicted octanol–water partition coefficient (Wildman–Crippen LogP) is 4.04. The van der Waals surface area contributed by atoms with E-state index in [1.807, 2.05) is 38.1 Å². The van der Waals surface area contributed by atoms with Gasteiger partial charge in [0.2, 0.25) is 0 Å². The van der Waals surface area contributed by atoms with Gasteiger partial charge < -0.3 is 9.47 Å². The SMILES string of the molecule is CCOC(=O)C(Cc1ccc(Br)cc1)N(CC(C)C)C(=O)OCC. The largest absolute Gasteiger partial charge is 0.464 e. The van der Waals surface area contributed by atoms with Crippen LogP contribution in [0.4, 0.5) is 4.79 Å². The van der Waals surface area contributed by atoms with E-state index in [9.17, 15) is 9.59 Å². The highest BCUT2D eigenvalue weighted by atomic mass is 79.9. The van der Waals surface area contributed by atoms with Gasteiger partial charge in [-0.1, -0.05) is 41.9 Å². The number of carbonyl (C=O) groups excluding carboxylic acids is 2. The summed E-state index contributed by atoms with van der Waals surface area (Å²) < 4.78 is 11.3. The molecule has 5 nitrogen and oxygen atoms in total. The van der Waals surface area contributed by atoms with Gasteiger partial charge in [0, 0.05) is 17.4 Å². The van der Waals surface area contributed by atoms with Crippen molar-refractivity contribution in [2.75, 3.05) is 19.8 Å². The third-order valence-corrected chi connectivity index (χ3v) is 3.87. The minimum atomic E-state index is -0.701. The summed E-state index contributed by atoms with van der Waals surface area (Å²) in [5.41, 5.74) is 0.953. The Morgan fingerprint density at radius 3 is 2.17 bits per heavy atom. The van der Waals surface area contributed by atoms with E-state index in [0.29, 0.717) is 13.0 Å². The van der Waals surface area contributed by atoms with E-state index >= 15 is 0 Å². The Hall–Kier alpha value is -1.56. The van der Waals surface area contributed by atoms with Gasteiger partial charge in [0.15, 0.2) is 0 Å². The first kappa shape index (κ1) is 20.5. The lowest BCUT2D eigenvalue weighted by Crippen LogP contribution is -2.49. The highest BCUT2D eigenvalue weighted by Gasteiger charge is 2.32. The highest BCUT2D eigenvalue weighted by Crippen LogP contribution is 2.17. The third-order valence-electron chi connectivity index (χ3n) is 3.34. The van der Waals surface area contributed by atoms with E-state index in [1.165, 1.54) is 4.90 Å². The standard InChI is InChI=1S/C18H26BrNO4/c1-5-23-17(21)16(11-14-7-9-15(19)10-8-14)20(12-13(3)4)18(22)24-6-2/h7-10,13,16H,5-6,11-12H2,1-4H3. The normalized spacial score (nSPS) is 11.9. The van der Waals surface area contributed by atoms with Crippen LogP contribution in [-0.4, -0.2) is 42.8 Å². The van der Waals surface area contributed by atoms with Gasteiger partial charge in [0.1, 0.15) is 6.04 Å². The van der Waals surface area contributed by atoms with Crippen molar-refractivity contribution in [1.29, 1.82) is 0 Å². The quantitative estimate of drug-likeness (QED) is 0.618. The average molecular weight is 400 g/mol. The van der Waals surface area contributed by atoms with Gasteiger partial charge in [-0.05, 0) is 37.5 Å². The van der Waals surface area contributed by atoms with Crippen LogP contribution >= 0.6 is 15.9 Å². The Balaban J connectivity index is 3.08. The molecule has 0 saturated carbocycles. The first-order chi connectivity index (χ1) is 11.4. The van der Waals surface area contributed by atoms with Gasteiger partial charge in [-0.15, -0.1) is 0 Å². The molecule has 0 bridgehead atoms. The molecule has 0 aromatic heterocycles.